The Morgan fingerprint density at radius 3 is 1.95 bits per heavy atom. The number of anilines is 1. The number of nitrogens with zero attached hydrogens (tertiary/aromatic N) is 2. The third kappa shape index (κ3) is 5.72. The number of hydrogen-bond acceptors (Lipinski definition) is 6. The summed E-state index contributed by atoms with van der Waals surface area (Å²) in [5.41, 5.74) is 4.15. The van der Waals surface area contributed by atoms with Gasteiger partial charge in [0.2, 0.25) is 0 Å². The van der Waals surface area contributed by atoms with Gasteiger partial charge in [-0.15, -0.1) is 0 Å². The van der Waals surface area contributed by atoms with Crippen molar-refractivity contribution in [2.24, 2.45) is 5.92 Å². The van der Waals surface area contributed by atoms with Gasteiger partial charge < -0.3 is 19.5 Å². The minimum atomic E-state index is -0.593. The molecule has 3 aromatic rings. The van der Waals surface area contributed by atoms with Crippen LogP contribution in [0.5, 0.6) is 0 Å². The van der Waals surface area contributed by atoms with E-state index in [1.54, 1.807) is 36.4 Å². The molecule has 214 valence electrons. The third-order valence-corrected chi connectivity index (χ3v) is 8.73. The maximum atomic E-state index is 13.0. The predicted molar refractivity (Wildman–Crippen MR) is 157 cm³/mol. The number of hydrogen-bond donors (Lipinski definition) is 1. The normalized spacial score (nSPS) is 25.6. The Bertz CT molecular complexity index is 1330. The summed E-state index contributed by atoms with van der Waals surface area (Å²) in [6.07, 6.45) is 5.50. The van der Waals surface area contributed by atoms with Crippen LogP contribution in [0.15, 0.2) is 72.8 Å². The zero-order valence-corrected chi connectivity index (χ0v) is 23.6. The van der Waals surface area contributed by atoms with Crippen molar-refractivity contribution in [3.8, 4) is 0 Å². The number of carbonyl (C=O) groups excluding carboxylic acids is 2. The van der Waals surface area contributed by atoms with E-state index in [0.717, 1.165) is 36.3 Å². The Morgan fingerprint density at radius 2 is 1.34 bits per heavy atom. The van der Waals surface area contributed by atoms with Crippen LogP contribution in [0, 0.1) is 5.92 Å². The number of aliphatic hydroxyl groups excluding tert-OH is 1. The van der Waals surface area contributed by atoms with Gasteiger partial charge in [-0.05, 0) is 61.3 Å². The number of benzene rings is 3. The van der Waals surface area contributed by atoms with E-state index in [9.17, 15) is 14.7 Å². The molecule has 0 bridgehead atoms. The Hall–Kier alpha value is -3.36. The summed E-state index contributed by atoms with van der Waals surface area (Å²) in [7, 11) is 0. The second kappa shape index (κ2) is 12.2. The molecule has 1 N–H and O–H groups in total. The van der Waals surface area contributed by atoms with E-state index in [1.807, 2.05) is 36.4 Å². The summed E-state index contributed by atoms with van der Waals surface area (Å²) in [6, 6.07) is 22.2. The highest BCUT2D eigenvalue weighted by Gasteiger charge is 2.40. The number of amides is 2. The molecule has 2 amide bonds. The molecule has 2 fully saturated rings. The van der Waals surface area contributed by atoms with Crippen molar-refractivity contribution in [2.75, 3.05) is 24.5 Å². The smallest absolute Gasteiger partial charge is 0.266 e. The molecule has 6 rings (SSSR count). The van der Waals surface area contributed by atoms with Gasteiger partial charge in [0.05, 0.1) is 35.6 Å². The van der Waals surface area contributed by atoms with Gasteiger partial charge in [-0.2, -0.15) is 0 Å². The highest BCUT2D eigenvalue weighted by atomic mass is 16.7. The number of rotatable bonds is 6. The number of likely N-dealkylation sites (tertiary alicyclic amines) is 1. The fraction of sp³-hybridized carbons (Fsp3) is 0.412. The fourth-order valence-electron chi connectivity index (χ4n) is 6.28. The van der Waals surface area contributed by atoms with E-state index >= 15 is 0 Å². The molecule has 3 aliphatic heterocycles. The topological polar surface area (TPSA) is 79.3 Å². The minimum Gasteiger partial charge on any atom is -0.392 e. The van der Waals surface area contributed by atoms with Crippen molar-refractivity contribution in [1.29, 1.82) is 0 Å². The summed E-state index contributed by atoms with van der Waals surface area (Å²) < 4.78 is 13.3. The van der Waals surface area contributed by atoms with Crippen molar-refractivity contribution < 1.29 is 24.2 Å². The molecule has 0 radical (unpaired) electrons. The summed E-state index contributed by atoms with van der Waals surface area (Å²) >= 11 is 0. The van der Waals surface area contributed by atoms with Crippen LogP contribution in [-0.2, 0) is 16.1 Å². The lowest BCUT2D eigenvalue weighted by atomic mass is 9.89. The number of carbonyl (C=O) groups is 2. The number of fused-ring (bicyclic) bond motifs is 1. The number of aliphatic hydroxyl groups is 1. The zero-order valence-electron chi connectivity index (χ0n) is 23.6. The van der Waals surface area contributed by atoms with Crippen molar-refractivity contribution in [1.82, 2.24) is 4.90 Å². The van der Waals surface area contributed by atoms with E-state index in [2.05, 4.69) is 11.8 Å². The molecule has 2 saturated heterocycles. The van der Waals surface area contributed by atoms with Crippen molar-refractivity contribution in [2.45, 2.75) is 64.1 Å². The average Bonchev–Trinajstić information content (AvgIpc) is 3.25. The fourth-order valence-corrected chi connectivity index (χ4v) is 6.28. The maximum Gasteiger partial charge on any atom is 0.266 e. The molecule has 41 heavy (non-hydrogen) atoms. The SMILES string of the molecule is C[C@H]1[C@@H](CN2CCCCCCC2)O[C@@H](c2ccc(N3C(=O)c4ccccc4C3=O)cc2)O[C@H]1c1ccc(CO)cc1. The molecule has 0 unspecified atom stereocenters. The van der Waals surface area contributed by atoms with Gasteiger partial charge >= 0.3 is 0 Å². The van der Waals surface area contributed by atoms with Gasteiger partial charge in [-0.1, -0.05) is 74.7 Å². The number of imide groups is 1. The molecule has 0 saturated carbocycles. The van der Waals surface area contributed by atoms with Crippen molar-refractivity contribution in [3.05, 3.63) is 101 Å². The quantitative estimate of drug-likeness (QED) is 0.375. The number of ether oxygens (including phenoxy) is 2. The van der Waals surface area contributed by atoms with Crippen LogP contribution in [0.1, 0.15) is 88.8 Å². The van der Waals surface area contributed by atoms with Gasteiger partial charge in [0.15, 0.2) is 6.29 Å². The molecule has 7 heteroatoms. The first-order chi connectivity index (χ1) is 20.0. The molecule has 3 heterocycles. The molecular formula is C34H38N2O5. The van der Waals surface area contributed by atoms with Crippen molar-refractivity contribution >= 4 is 17.5 Å². The second-order valence-corrected chi connectivity index (χ2v) is 11.5. The van der Waals surface area contributed by atoms with Crippen LogP contribution in [0.4, 0.5) is 5.69 Å². The monoisotopic (exact) mass is 554 g/mol. The second-order valence-electron chi connectivity index (χ2n) is 11.5. The lowest BCUT2D eigenvalue weighted by Gasteiger charge is -2.43. The molecule has 3 aliphatic rings. The highest BCUT2D eigenvalue weighted by molar-refractivity contribution is 6.34. The Morgan fingerprint density at radius 1 is 0.756 bits per heavy atom. The van der Waals surface area contributed by atoms with Crippen molar-refractivity contribution in [3.63, 3.8) is 0 Å². The Labute approximate surface area is 241 Å². The Kier molecular flexibility index (Phi) is 8.30. The van der Waals surface area contributed by atoms with Gasteiger partial charge in [-0.3, -0.25) is 9.59 Å². The zero-order chi connectivity index (χ0) is 28.3. The Balaban J connectivity index is 1.25. The minimum absolute atomic E-state index is 0.00410. The van der Waals surface area contributed by atoms with Crippen LogP contribution >= 0.6 is 0 Å². The molecule has 0 spiro atoms. The van der Waals surface area contributed by atoms with E-state index in [4.69, 9.17) is 9.47 Å². The largest absolute Gasteiger partial charge is 0.392 e. The molecule has 3 aromatic carbocycles. The standard InChI is InChI=1S/C34H38N2O5/c1-23-30(21-35-19-7-3-2-4-8-20-35)40-34(41-31(23)25-13-11-24(22-37)12-14-25)26-15-17-27(18-16-26)36-32(38)28-9-5-6-10-29(28)33(36)39/h5-6,9-18,23,30-31,34,37H,2-4,7-8,19-22H2,1H3/t23-,30+,31+,34+/m0/s1. The predicted octanol–water partition coefficient (Wildman–Crippen LogP) is 6.04. The van der Waals surface area contributed by atoms with E-state index in [-0.39, 0.29) is 36.5 Å². The summed E-state index contributed by atoms with van der Waals surface area (Å²) in [5, 5.41) is 9.53. The van der Waals surface area contributed by atoms with Crippen LogP contribution < -0.4 is 4.90 Å². The van der Waals surface area contributed by atoms with Gasteiger partial charge in [0.1, 0.15) is 0 Å². The molecule has 0 aromatic heterocycles. The molecule has 4 atom stereocenters. The maximum absolute atomic E-state index is 13.0. The first-order valence-electron chi connectivity index (χ1n) is 14.8. The first kappa shape index (κ1) is 27.8. The van der Waals surface area contributed by atoms with Gasteiger partial charge in [0, 0.05) is 18.0 Å². The van der Waals surface area contributed by atoms with E-state index < -0.39 is 6.29 Å². The van der Waals surface area contributed by atoms with Gasteiger partial charge in [-0.25, -0.2) is 4.90 Å². The lowest BCUT2D eigenvalue weighted by molar-refractivity contribution is -0.276. The highest BCUT2D eigenvalue weighted by Crippen LogP contribution is 2.42. The summed E-state index contributed by atoms with van der Waals surface area (Å²) in [6.45, 7) is 5.22. The summed E-state index contributed by atoms with van der Waals surface area (Å²) in [5.74, 6) is -0.497. The van der Waals surface area contributed by atoms with Crippen LogP contribution in [0.25, 0.3) is 0 Å². The average molecular weight is 555 g/mol. The van der Waals surface area contributed by atoms with E-state index in [1.165, 1.54) is 37.0 Å². The van der Waals surface area contributed by atoms with Crippen LogP contribution in [0.3, 0.4) is 0 Å². The van der Waals surface area contributed by atoms with Crippen LogP contribution in [0.2, 0.25) is 0 Å². The summed E-state index contributed by atoms with van der Waals surface area (Å²) in [4.78, 5) is 29.8. The van der Waals surface area contributed by atoms with Crippen LogP contribution in [-0.4, -0.2) is 47.6 Å². The lowest BCUT2D eigenvalue weighted by Crippen LogP contribution is -2.45. The third-order valence-electron chi connectivity index (χ3n) is 8.73. The first-order valence-corrected chi connectivity index (χ1v) is 14.8. The molecule has 0 aliphatic carbocycles. The molecule has 7 nitrogen and oxygen atoms in total. The van der Waals surface area contributed by atoms with E-state index in [0.29, 0.717) is 16.8 Å². The van der Waals surface area contributed by atoms with Gasteiger partial charge in [0.25, 0.3) is 11.8 Å². The molecular weight excluding hydrogens is 516 g/mol.